The zero-order valence-electron chi connectivity index (χ0n) is 18.9. The molecule has 1 spiro atoms. The first-order valence-electron chi connectivity index (χ1n) is 11.0. The summed E-state index contributed by atoms with van der Waals surface area (Å²) in [5.74, 6) is 0.242. The van der Waals surface area contributed by atoms with E-state index in [1.165, 1.54) is 4.68 Å². The van der Waals surface area contributed by atoms with E-state index < -0.39 is 0 Å². The second-order valence-electron chi connectivity index (χ2n) is 9.28. The molecule has 2 saturated heterocycles. The van der Waals surface area contributed by atoms with Gasteiger partial charge in [-0.1, -0.05) is 25.1 Å². The third kappa shape index (κ3) is 3.72. The van der Waals surface area contributed by atoms with Gasteiger partial charge in [0.15, 0.2) is 0 Å². The summed E-state index contributed by atoms with van der Waals surface area (Å²) in [6.07, 6.45) is 6.70. The fraction of sp³-hybridized carbons (Fsp3) is 0.478. The number of rotatable bonds is 4. The number of hydrogen-bond acceptors (Lipinski definition) is 6. The van der Waals surface area contributed by atoms with Crippen molar-refractivity contribution >= 4 is 29.4 Å². The van der Waals surface area contributed by atoms with Crippen molar-refractivity contribution < 1.29 is 9.59 Å². The number of nitrogen functional groups attached to an aromatic ring is 2. The third-order valence-corrected chi connectivity index (χ3v) is 6.86. The lowest BCUT2D eigenvalue weighted by molar-refractivity contribution is -0.138. The average molecular weight is 438 g/mol. The highest BCUT2D eigenvalue weighted by atomic mass is 16.2. The van der Waals surface area contributed by atoms with Crippen molar-refractivity contribution in [3.05, 3.63) is 41.7 Å². The summed E-state index contributed by atoms with van der Waals surface area (Å²) in [6, 6.07) is 5.32. The van der Waals surface area contributed by atoms with Gasteiger partial charge < -0.3 is 21.3 Å². The van der Waals surface area contributed by atoms with E-state index in [2.05, 4.69) is 24.2 Å². The quantitative estimate of drug-likeness (QED) is 0.558. The number of amides is 2. The zero-order valence-corrected chi connectivity index (χ0v) is 18.9. The summed E-state index contributed by atoms with van der Waals surface area (Å²) in [5.41, 5.74) is 13.9. The molecule has 1 atom stereocenters. The average Bonchev–Trinajstić information content (AvgIpc) is 3.26. The first kappa shape index (κ1) is 21.9. The van der Waals surface area contributed by atoms with E-state index >= 15 is 0 Å². The van der Waals surface area contributed by atoms with Gasteiger partial charge in [0.05, 0.1) is 29.3 Å². The molecular formula is C23H31N7O2. The van der Waals surface area contributed by atoms with E-state index in [1.807, 2.05) is 9.80 Å². The Morgan fingerprint density at radius 2 is 1.94 bits per heavy atom. The van der Waals surface area contributed by atoms with Crippen LogP contribution in [0, 0.1) is 11.3 Å². The van der Waals surface area contributed by atoms with Gasteiger partial charge in [0.1, 0.15) is 0 Å². The molecular weight excluding hydrogens is 406 g/mol. The smallest absolute Gasteiger partial charge is 0.256 e. The molecule has 4 N–H and O–H groups in total. The highest BCUT2D eigenvalue weighted by Gasteiger charge is 2.56. The van der Waals surface area contributed by atoms with Crippen LogP contribution in [0.1, 0.15) is 44.0 Å². The lowest BCUT2D eigenvalue weighted by Crippen LogP contribution is -2.70. The number of aromatic nitrogens is 3. The van der Waals surface area contributed by atoms with Gasteiger partial charge in [0.2, 0.25) is 0 Å². The summed E-state index contributed by atoms with van der Waals surface area (Å²) in [7, 11) is 0. The lowest BCUT2D eigenvalue weighted by atomic mass is 9.61. The molecule has 1 aromatic heterocycles. The first-order chi connectivity index (χ1) is 15.2. The van der Waals surface area contributed by atoms with Crippen molar-refractivity contribution in [2.45, 2.75) is 39.7 Å². The van der Waals surface area contributed by atoms with E-state index in [4.69, 9.17) is 11.5 Å². The molecule has 1 unspecified atom stereocenters. The topological polar surface area (TPSA) is 123 Å². The number of para-hydroxylation sites is 1. The SMILES string of the molecule is C/C(=C\n1ccnn1)C(=O)N1CCC2(CC1)CN(C(=O)c1cccc(N)c1N)C2C(C)C. The van der Waals surface area contributed by atoms with Gasteiger partial charge in [-0.3, -0.25) is 9.59 Å². The zero-order chi connectivity index (χ0) is 23.0. The molecule has 2 aliphatic heterocycles. The van der Waals surface area contributed by atoms with Crippen molar-refractivity contribution in [2.75, 3.05) is 31.1 Å². The molecule has 0 saturated carbocycles. The number of carbonyl (C=O) groups is 2. The fourth-order valence-electron chi connectivity index (χ4n) is 5.34. The summed E-state index contributed by atoms with van der Waals surface area (Å²) in [5, 5.41) is 7.64. The molecule has 1 aromatic carbocycles. The van der Waals surface area contributed by atoms with Crippen molar-refractivity contribution in [1.29, 1.82) is 0 Å². The normalized spacial score (nSPS) is 20.5. The molecule has 4 rings (SSSR count). The van der Waals surface area contributed by atoms with E-state index in [0.717, 1.165) is 12.8 Å². The molecule has 32 heavy (non-hydrogen) atoms. The minimum atomic E-state index is -0.0655. The Labute approximate surface area is 188 Å². The van der Waals surface area contributed by atoms with Gasteiger partial charge >= 0.3 is 0 Å². The monoisotopic (exact) mass is 437 g/mol. The van der Waals surface area contributed by atoms with Crippen LogP contribution in [0.3, 0.4) is 0 Å². The third-order valence-electron chi connectivity index (χ3n) is 6.86. The Hall–Kier alpha value is -3.36. The van der Waals surface area contributed by atoms with E-state index in [0.29, 0.717) is 48.1 Å². The van der Waals surface area contributed by atoms with Crippen LogP contribution in [0.15, 0.2) is 36.2 Å². The van der Waals surface area contributed by atoms with Crippen molar-refractivity contribution in [3.8, 4) is 0 Å². The molecule has 9 nitrogen and oxygen atoms in total. The number of carbonyl (C=O) groups excluding carboxylic acids is 2. The number of nitrogens with two attached hydrogens (primary N) is 2. The Morgan fingerprint density at radius 3 is 2.56 bits per heavy atom. The van der Waals surface area contributed by atoms with Crippen molar-refractivity contribution in [2.24, 2.45) is 11.3 Å². The van der Waals surface area contributed by atoms with Gasteiger partial charge in [-0.15, -0.1) is 5.10 Å². The summed E-state index contributed by atoms with van der Waals surface area (Å²) < 4.78 is 1.53. The minimum Gasteiger partial charge on any atom is -0.397 e. The second-order valence-corrected chi connectivity index (χ2v) is 9.28. The number of nitrogens with zero attached hydrogens (tertiary/aromatic N) is 5. The standard InChI is InChI=1S/C23H31N7O2/c1-15(2)20-23(14-30(20)22(32)17-5-4-6-18(24)19(17)25)7-10-28(11-8-23)21(31)16(3)13-29-12-9-26-27-29/h4-6,9,12-13,15,20H,7-8,10-11,14,24-25H2,1-3H3/b16-13+. The molecule has 2 fully saturated rings. The Balaban J connectivity index is 1.45. The van der Waals surface area contributed by atoms with Crippen LogP contribution >= 0.6 is 0 Å². The summed E-state index contributed by atoms with van der Waals surface area (Å²) in [6.45, 7) is 8.12. The summed E-state index contributed by atoms with van der Waals surface area (Å²) >= 11 is 0. The molecule has 0 aliphatic carbocycles. The number of hydrogen-bond donors (Lipinski definition) is 2. The molecule has 2 aliphatic rings. The number of piperidine rings is 1. The molecule has 2 aromatic rings. The van der Waals surface area contributed by atoms with Gasteiger partial charge in [-0.2, -0.15) is 0 Å². The van der Waals surface area contributed by atoms with Gasteiger partial charge in [-0.05, 0) is 37.8 Å². The predicted octanol–water partition coefficient (Wildman–Crippen LogP) is 2.09. The van der Waals surface area contributed by atoms with Crippen LogP contribution in [-0.4, -0.2) is 62.3 Å². The van der Waals surface area contributed by atoms with Crippen molar-refractivity contribution in [3.63, 3.8) is 0 Å². The maximum Gasteiger partial charge on any atom is 0.256 e. The largest absolute Gasteiger partial charge is 0.397 e. The number of likely N-dealkylation sites (tertiary alicyclic amines) is 2. The second kappa shape index (κ2) is 8.29. The minimum absolute atomic E-state index is 0.0104. The van der Waals surface area contributed by atoms with Crippen LogP contribution in [0.25, 0.3) is 6.20 Å². The molecule has 9 heteroatoms. The van der Waals surface area contributed by atoms with Crippen LogP contribution in [-0.2, 0) is 4.79 Å². The van der Waals surface area contributed by atoms with Crippen LogP contribution in [0.2, 0.25) is 0 Å². The van der Waals surface area contributed by atoms with Crippen LogP contribution < -0.4 is 11.5 Å². The van der Waals surface area contributed by atoms with Crippen LogP contribution in [0.4, 0.5) is 11.4 Å². The number of anilines is 2. The first-order valence-corrected chi connectivity index (χ1v) is 11.0. The van der Waals surface area contributed by atoms with E-state index in [9.17, 15) is 9.59 Å². The fourth-order valence-corrected chi connectivity index (χ4v) is 5.34. The molecule has 0 bridgehead atoms. The molecule has 2 amide bonds. The highest BCUT2D eigenvalue weighted by molar-refractivity contribution is 6.02. The Bertz CT molecular complexity index is 1040. The maximum atomic E-state index is 13.3. The van der Waals surface area contributed by atoms with Crippen LogP contribution in [0.5, 0.6) is 0 Å². The van der Waals surface area contributed by atoms with E-state index in [1.54, 1.807) is 43.7 Å². The molecule has 170 valence electrons. The van der Waals surface area contributed by atoms with Gasteiger partial charge in [0, 0.05) is 42.9 Å². The Kier molecular flexibility index (Phi) is 5.66. The Morgan fingerprint density at radius 1 is 1.22 bits per heavy atom. The lowest BCUT2D eigenvalue weighted by Gasteiger charge is -2.62. The summed E-state index contributed by atoms with van der Waals surface area (Å²) in [4.78, 5) is 30.0. The molecule has 0 radical (unpaired) electrons. The van der Waals surface area contributed by atoms with E-state index in [-0.39, 0.29) is 23.3 Å². The van der Waals surface area contributed by atoms with Crippen molar-refractivity contribution in [1.82, 2.24) is 24.8 Å². The number of benzene rings is 1. The maximum absolute atomic E-state index is 13.3. The van der Waals surface area contributed by atoms with Gasteiger partial charge in [0.25, 0.3) is 11.8 Å². The van der Waals surface area contributed by atoms with Gasteiger partial charge in [-0.25, -0.2) is 4.68 Å². The highest BCUT2D eigenvalue weighted by Crippen LogP contribution is 2.50. The predicted molar refractivity (Wildman–Crippen MR) is 123 cm³/mol. The molecule has 3 heterocycles.